The zero-order valence-corrected chi connectivity index (χ0v) is 12.0. The zero-order chi connectivity index (χ0) is 15.6. The van der Waals surface area contributed by atoms with Crippen molar-refractivity contribution in [1.29, 1.82) is 0 Å². The van der Waals surface area contributed by atoms with Crippen LogP contribution in [0.4, 0.5) is 10.5 Å². The summed E-state index contributed by atoms with van der Waals surface area (Å²) in [7, 11) is 0. The van der Waals surface area contributed by atoms with Crippen LogP contribution >= 0.6 is 0 Å². The molecule has 20 heavy (non-hydrogen) atoms. The highest BCUT2D eigenvalue weighted by Crippen LogP contribution is 2.04. The minimum atomic E-state index is -0.406. The molecule has 0 spiro atoms. The number of carbonyl (C=O) groups is 2. The summed E-state index contributed by atoms with van der Waals surface area (Å²) in [5, 5.41) is 2.55. The van der Waals surface area contributed by atoms with Crippen LogP contribution in [0.3, 0.4) is 0 Å². The summed E-state index contributed by atoms with van der Waals surface area (Å²) in [6, 6.07) is 6.82. The third kappa shape index (κ3) is 9.72. The Balaban J connectivity index is 0.000000441. The van der Waals surface area contributed by atoms with Gasteiger partial charge in [-0.3, -0.25) is 10.2 Å². The number of hydrogen-bond acceptors (Lipinski definition) is 5. The highest BCUT2D eigenvalue weighted by Gasteiger charge is 2.07. The maximum Gasteiger partial charge on any atom is 0.329 e. The van der Waals surface area contributed by atoms with Crippen molar-refractivity contribution in [2.75, 3.05) is 5.73 Å². The average Bonchev–Trinajstić information content (AvgIpc) is 2.37. The van der Waals surface area contributed by atoms with Gasteiger partial charge < -0.3 is 15.8 Å². The molecule has 0 aromatic heterocycles. The summed E-state index contributed by atoms with van der Waals surface area (Å²) in [5.41, 5.74) is 8.81. The van der Waals surface area contributed by atoms with E-state index in [0.717, 1.165) is 5.56 Å². The summed E-state index contributed by atoms with van der Waals surface area (Å²) in [6.07, 6.45) is 0. The molecule has 1 rings (SSSR count). The normalized spacial score (nSPS) is 9.80. The van der Waals surface area contributed by atoms with Crippen molar-refractivity contribution in [3.8, 4) is 0 Å². The molecule has 1 aromatic carbocycles. The molecule has 0 aliphatic heterocycles. The molecule has 7 nitrogen and oxygen atoms in total. The van der Waals surface area contributed by atoms with Crippen molar-refractivity contribution in [3.63, 3.8) is 0 Å². The molecule has 0 fully saturated rings. The second-order valence-corrected chi connectivity index (χ2v) is 4.90. The Bertz CT molecular complexity index is 413. The van der Waals surface area contributed by atoms with E-state index in [1.54, 1.807) is 12.1 Å². The van der Waals surface area contributed by atoms with Gasteiger partial charge in [0, 0.05) is 12.2 Å². The van der Waals surface area contributed by atoms with Crippen LogP contribution in [0.25, 0.3) is 0 Å². The molecule has 0 unspecified atom stereocenters. The van der Waals surface area contributed by atoms with Crippen molar-refractivity contribution in [2.24, 2.45) is 5.84 Å². The Morgan fingerprint density at radius 3 is 2.20 bits per heavy atom. The number of amides is 2. The SMILES string of the molecule is CC(C)(C)OC=O.NNC(=O)NCc1ccc(N)cc1. The molecule has 0 heterocycles. The van der Waals surface area contributed by atoms with E-state index in [1.165, 1.54) is 0 Å². The molecule has 0 aliphatic rings. The first-order valence-electron chi connectivity index (χ1n) is 5.99. The number of anilines is 1. The molecule has 2 amide bonds. The lowest BCUT2D eigenvalue weighted by atomic mass is 10.2. The number of nitrogens with two attached hydrogens (primary N) is 2. The molecular formula is C13H22N4O3. The van der Waals surface area contributed by atoms with E-state index in [0.29, 0.717) is 18.7 Å². The topological polar surface area (TPSA) is 119 Å². The van der Waals surface area contributed by atoms with Gasteiger partial charge in [0.25, 0.3) is 6.47 Å². The van der Waals surface area contributed by atoms with E-state index in [1.807, 2.05) is 38.3 Å². The molecule has 0 atom stereocenters. The fourth-order valence-corrected chi connectivity index (χ4v) is 1.01. The Hall–Kier alpha value is -2.28. The molecule has 0 saturated heterocycles. The van der Waals surface area contributed by atoms with Crippen molar-refractivity contribution in [2.45, 2.75) is 32.9 Å². The third-order valence-corrected chi connectivity index (χ3v) is 1.97. The monoisotopic (exact) mass is 282 g/mol. The fourth-order valence-electron chi connectivity index (χ4n) is 1.01. The van der Waals surface area contributed by atoms with Gasteiger partial charge in [-0.15, -0.1) is 0 Å². The molecule has 0 radical (unpaired) electrons. The third-order valence-electron chi connectivity index (χ3n) is 1.97. The van der Waals surface area contributed by atoms with Gasteiger partial charge in [-0.05, 0) is 38.5 Å². The summed E-state index contributed by atoms with van der Waals surface area (Å²) in [5.74, 6) is 4.88. The maximum absolute atomic E-state index is 10.7. The number of hydrazine groups is 1. The van der Waals surface area contributed by atoms with Gasteiger partial charge in [0.15, 0.2) is 0 Å². The zero-order valence-electron chi connectivity index (χ0n) is 12.0. The number of rotatable bonds is 3. The second kappa shape index (κ2) is 8.76. The lowest BCUT2D eigenvalue weighted by Crippen LogP contribution is -2.39. The predicted octanol–water partition coefficient (Wildman–Crippen LogP) is 0.900. The Morgan fingerprint density at radius 1 is 1.30 bits per heavy atom. The van der Waals surface area contributed by atoms with Crippen molar-refractivity contribution < 1.29 is 14.3 Å². The number of benzene rings is 1. The van der Waals surface area contributed by atoms with Gasteiger partial charge in [0.05, 0.1) is 0 Å². The predicted molar refractivity (Wildman–Crippen MR) is 77.3 cm³/mol. The molecule has 0 bridgehead atoms. The molecule has 6 N–H and O–H groups in total. The van der Waals surface area contributed by atoms with Crippen molar-refractivity contribution >= 4 is 18.2 Å². The molecule has 112 valence electrons. The minimum Gasteiger partial charge on any atom is -0.462 e. The van der Waals surface area contributed by atoms with Crippen LogP contribution in [0, 0.1) is 0 Å². The Kier molecular flexibility index (Phi) is 7.76. The first-order chi connectivity index (χ1) is 9.28. The minimum absolute atomic E-state index is 0.318. The average molecular weight is 282 g/mol. The number of hydrogen-bond donors (Lipinski definition) is 4. The number of nitrogen functional groups attached to an aromatic ring is 1. The molecule has 1 aromatic rings. The van der Waals surface area contributed by atoms with Gasteiger partial charge in [-0.25, -0.2) is 10.6 Å². The quantitative estimate of drug-likeness (QED) is 0.216. The van der Waals surface area contributed by atoms with Gasteiger partial charge in [0.1, 0.15) is 5.60 Å². The molecule has 0 aliphatic carbocycles. The fraction of sp³-hybridized carbons (Fsp3) is 0.385. The van der Waals surface area contributed by atoms with E-state index >= 15 is 0 Å². The standard InChI is InChI=1S/C8H12N4O.C5H10O2/c9-7-3-1-6(2-4-7)5-11-8(13)12-10;1-5(2,3)7-4-6/h1-4H,5,9-10H2,(H2,11,12,13);4H,1-3H3. The van der Waals surface area contributed by atoms with Crippen LogP contribution in [0.2, 0.25) is 0 Å². The van der Waals surface area contributed by atoms with E-state index in [4.69, 9.17) is 11.6 Å². The van der Waals surface area contributed by atoms with E-state index < -0.39 is 6.03 Å². The van der Waals surface area contributed by atoms with E-state index in [2.05, 4.69) is 10.1 Å². The van der Waals surface area contributed by atoms with Gasteiger partial charge in [-0.2, -0.15) is 0 Å². The smallest absolute Gasteiger partial charge is 0.329 e. The second-order valence-electron chi connectivity index (χ2n) is 4.90. The first kappa shape index (κ1) is 17.7. The number of urea groups is 1. The molecular weight excluding hydrogens is 260 g/mol. The number of ether oxygens (including phenoxy) is 1. The molecule has 7 heteroatoms. The van der Waals surface area contributed by atoms with Crippen molar-refractivity contribution in [3.05, 3.63) is 29.8 Å². The maximum atomic E-state index is 10.7. The van der Waals surface area contributed by atoms with Crippen LogP contribution in [-0.2, 0) is 16.1 Å². The van der Waals surface area contributed by atoms with Crippen LogP contribution < -0.4 is 22.3 Å². The first-order valence-corrected chi connectivity index (χ1v) is 5.99. The van der Waals surface area contributed by atoms with Crippen LogP contribution in [0.5, 0.6) is 0 Å². The van der Waals surface area contributed by atoms with Crippen LogP contribution in [0.1, 0.15) is 26.3 Å². The summed E-state index contributed by atoms with van der Waals surface area (Å²) in [6.45, 7) is 6.35. The summed E-state index contributed by atoms with van der Waals surface area (Å²) in [4.78, 5) is 20.3. The Labute approximate surface area is 118 Å². The lowest BCUT2D eigenvalue weighted by Gasteiger charge is -2.14. The largest absolute Gasteiger partial charge is 0.462 e. The number of carbonyl (C=O) groups excluding carboxylic acids is 2. The summed E-state index contributed by atoms with van der Waals surface area (Å²) >= 11 is 0. The van der Waals surface area contributed by atoms with E-state index in [-0.39, 0.29) is 5.60 Å². The number of nitrogens with one attached hydrogen (secondary N) is 2. The lowest BCUT2D eigenvalue weighted by molar-refractivity contribution is -0.138. The highest BCUT2D eigenvalue weighted by atomic mass is 16.5. The van der Waals surface area contributed by atoms with E-state index in [9.17, 15) is 9.59 Å². The van der Waals surface area contributed by atoms with Crippen molar-refractivity contribution in [1.82, 2.24) is 10.7 Å². The highest BCUT2D eigenvalue weighted by molar-refractivity contribution is 5.73. The van der Waals surface area contributed by atoms with Gasteiger partial charge in [-0.1, -0.05) is 12.1 Å². The van der Waals surface area contributed by atoms with Gasteiger partial charge in [0.2, 0.25) is 0 Å². The molecule has 0 saturated carbocycles. The Morgan fingerprint density at radius 2 is 1.85 bits per heavy atom. The van der Waals surface area contributed by atoms with Crippen LogP contribution in [-0.4, -0.2) is 18.1 Å². The van der Waals surface area contributed by atoms with Crippen LogP contribution in [0.15, 0.2) is 24.3 Å². The summed E-state index contributed by atoms with van der Waals surface area (Å²) < 4.78 is 4.55. The van der Waals surface area contributed by atoms with Gasteiger partial charge >= 0.3 is 6.03 Å².